The minimum absolute atomic E-state index is 0.0210. The van der Waals surface area contributed by atoms with Crippen LogP contribution < -0.4 is 0 Å². The predicted octanol–water partition coefficient (Wildman–Crippen LogP) is 0.260. The van der Waals surface area contributed by atoms with Crippen molar-refractivity contribution in [3.63, 3.8) is 0 Å². The number of fused-ring (bicyclic) bond motifs is 1. The molecule has 0 bridgehead atoms. The Morgan fingerprint density at radius 2 is 2.13 bits per heavy atom. The highest BCUT2D eigenvalue weighted by molar-refractivity contribution is 4.89. The standard InChI is InChI=1S/C10H18O5/c1-10(2)14-7-4-6(5-11)13-9(12-3)8(7)15-10/h6-9,11H,4-5H2,1-3H3/t6-,7-,8-,9-/m0/s1. The van der Waals surface area contributed by atoms with Crippen molar-refractivity contribution in [3.05, 3.63) is 0 Å². The first-order valence-corrected chi connectivity index (χ1v) is 5.20. The quantitative estimate of drug-likeness (QED) is 0.720. The van der Waals surface area contributed by atoms with Crippen LogP contribution in [0.15, 0.2) is 0 Å². The van der Waals surface area contributed by atoms with Crippen LogP contribution in [0.5, 0.6) is 0 Å². The van der Waals surface area contributed by atoms with E-state index in [0.29, 0.717) is 6.42 Å². The first-order chi connectivity index (χ1) is 7.05. The number of aliphatic hydroxyl groups is 1. The number of ether oxygens (including phenoxy) is 4. The molecule has 5 nitrogen and oxygen atoms in total. The molecule has 2 fully saturated rings. The molecule has 0 amide bonds. The molecule has 4 atom stereocenters. The van der Waals surface area contributed by atoms with Crippen molar-refractivity contribution in [3.8, 4) is 0 Å². The summed E-state index contributed by atoms with van der Waals surface area (Å²) in [6, 6.07) is 0. The Bertz CT molecular complexity index is 230. The van der Waals surface area contributed by atoms with Gasteiger partial charge in [-0.25, -0.2) is 0 Å². The van der Waals surface area contributed by atoms with Crippen LogP contribution in [-0.4, -0.2) is 49.2 Å². The molecular weight excluding hydrogens is 200 g/mol. The van der Waals surface area contributed by atoms with Gasteiger partial charge in [-0.15, -0.1) is 0 Å². The molecule has 0 unspecified atom stereocenters. The van der Waals surface area contributed by atoms with E-state index in [-0.39, 0.29) is 24.9 Å². The van der Waals surface area contributed by atoms with Gasteiger partial charge in [0.2, 0.25) is 0 Å². The fourth-order valence-corrected chi connectivity index (χ4v) is 2.17. The monoisotopic (exact) mass is 218 g/mol. The third-order valence-corrected chi connectivity index (χ3v) is 2.75. The first kappa shape index (κ1) is 11.3. The van der Waals surface area contributed by atoms with Gasteiger partial charge in [0.05, 0.1) is 18.8 Å². The summed E-state index contributed by atoms with van der Waals surface area (Å²) in [5.74, 6) is -0.597. The molecule has 0 aliphatic carbocycles. The fraction of sp³-hybridized carbons (Fsp3) is 1.00. The van der Waals surface area contributed by atoms with Crippen LogP contribution in [0.1, 0.15) is 20.3 Å². The van der Waals surface area contributed by atoms with E-state index >= 15 is 0 Å². The van der Waals surface area contributed by atoms with Crippen molar-refractivity contribution in [1.29, 1.82) is 0 Å². The van der Waals surface area contributed by atoms with E-state index in [0.717, 1.165) is 0 Å². The van der Waals surface area contributed by atoms with Crippen LogP contribution in [0.2, 0.25) is 0 Å². The average Bonchev–Trinajstić information content (AvgIpc) is 2.50. The molecule has 88 valence electrons. The summed E-state index contributed by atoms with van der Waals surface area (Å²) in [6.45, 7) is 3.71. The fourth-order valence-electron chi connectivity index (χ4n) is 2.17. The third-order valence-electron chi connectivity index (χ3n) is 2.75. The van der Waals surface area contributed by atoms with Gasteiger partial charge in [-0.2, -0.15) is 0 Å². The van der Waals surface area contributed by atoms with E-state index < -0.39 is 12.1 Å². The van der Waals surface area contributed by atoms with Gasteiger partial charge in [-0.1, -0.05) is 0 Å². The minimum Gasteiger partial charge on any atom is -0.394 e. The van der Waals surface area contributed by atoms with E-state index in [1.807, 2.05) is 13.8 Å². The first-order valence-electron chi connectivity index (χ1n) is 5.20. The molecule has 2 rings (SSSR count). The third kappa shape index (κ3) is 2.16. The van der Waals surface area contributed by atoms with Crippen molar-refractivity contribution >= 4 is 0 Å². The number of hydrogen-bond donors (Lipinski definition) is 1. The van der Waals surface area contributed by atoms with Crippen molar-refractivity contribution in [1.82, 2.24) is 0 Å². The van der Waals surface area contributed by atoms with Gasteiger partial charge in [0.25, 0.3) is 0 Å². The Labute approximate surface area is 89.3 Å². The average molecular weight is 218 g/mol. The molecule has 2 saturated heterocycles. The Morgan fingerprint density at radius 1 is 1.40 bits per heavy atom. The molecule has 15 heavy (non-hydrogen) atoms. The summed E-state index contributed by atoms with van der Waals surface area (Å²) < 4.78 is 22.1. The zero-order valence-electron chi connectivity index (χ0n) is 9.30. The highest BCUT2D eigenvalue weighted by atomic mass is 16.8. The number of hydrogen-bond acceptors (Lipinski definition) is 5. The Balaban J connectivity index is 2.09. The number of aliphatic hydroxyl groups excluding tert-OH is 1. The maximum Gasteiger partial charge on any atom is 0.186 e. The van der Waals surface area contributed by atoms with Gasteiger partial charge in [-0.05, 0) is 13.8 Å². The zero-order valence-corrected chi connectivity index (χ0v) is 9.30. The Kier molecular flexibility index (Phi) is 3.00. The molecule has 2 heterocycles. The lowest BCUT2D eigenvalue weighted by Gasteiger charge is -2.34. The molecule has 0 aromatic rings. The predicted molar refractivity (Wildman–Crippen MR) is 51.2 cm³/mol. The summed E-state index contributed by atoms with van der Waals surface area (Å²) in [4.78, 5) is 0. The van der Waals surface area contributed by atoms with Gasteiger partial charge in [-0.3, -0.25) is 0 Å². The summed E-state index contributed by atoms with van der Waals surface area (Å²) >= 11 is 0. The second-order valence-electron chi connectivity index (χ2n) is 4.42. The summed E-state index contributed by atoms with van der Waals surface area (Å²) in [5, 5.41) is 9.08. The smallest absolute Gasteiger partial charge is 0.186 e. The number of methoxy groups -OCH3 is 1. The zero-order chi connectivity index (χ0) is 11.1. The highest BCUT2D eigenvalue weighted by Gasteiger charge is 2.50. The minimum atomic E-state index is -0.597. The maximum atomic E-state index is 9.08. The van der Waals surface area contributed by atoms with E-state index in [1.165, 1.54) is 0 Å². The molecule has 0 aromatic carbocycles. The summed E-state index contributed by atoms with van der Waals surface area (Å²) in [5.41, 5.74) is 0. The highest BCUT2D eigenvalue weighted by Crippen LogP contribution is 2.37. The molecule has 2 aliphatic rings. The molecular formula is C10H18O5. The van der Waals surface area contributed by atoms with Crippen molar-refractivity contribution in [2.45, 2.75) is 50.7 Å². The van der Waals surface area contributed by atoms with Crippen LogP contribution in [0.3, 0.4) is 0 Å². The van der Waals surface area contributed by atoms with E-state index in [2.05, 4.69) is 0 Å². The van der Waals surface area contributed by atoms with Gasteiger partial charge in [0.1, 0.15) is 6.10 Å². The largest absolute Gasteiger partial charge is 0.394 e. The van der Waals surface area contributed by atoms with Crippen molar-refractivity contribution < 1.29 is 24.1 Å². The summed E-state index contributed by atoms with van der Waals surface area (Å²) in [7, 11) is 1.57. The second kappa shape index (κ2) is 3.99. The van der Waals surface area contributed by atoms with Crippen LogP contribution in [0.25, 0.3) is 0 Å². The van der Waals surface area contributed by atoms with Crippen LogP contribution in [0.4, 0.5) is 0 Å². The SMILES string of the molecule is CO[C@H]1O[C@H](CO)C[C@@H]2OC(C)(C)O[C@H]12. The van der Waals surface area contributed by atoms with Gasteiger partial charge >= 0.3 is 0 Å². The van der Waals surface area contributed by atoms with Crippen LogP contribution in [0, 0.1) is 0 Å². The Hall–Kier alpha value is -0.200. The van der Waals surface area contributed by atoms with Crippen LogP contribution >= 0.6 is 0 Å². The molecule has 0 spiro atoms. The lowest BCUT2D eigenvalue weighted by molar-refractivity contribution is -0.246. The molecule has 0 radical (unpaired) electrons. The lowest BCUT2D eigenvalue weighted by atomic mass is 10.0. The molecule has 0 aromatic heterocycles. The lowest BCUT2D eigenvalue weighted by Crippen LogP contribution is -2.48. The number of rotatable bonds is 2. The topological polar surface area (TPSA) is 57.2 Å². The van der Waals surface area contributed by atoms with Gasteiger partial charge in [0.15, 0.2) is 12.1 Å². The van der Waals surface area contributed by atoms with E-state index in [1.54, 1.807) is 7.11 Å². The normalized spacial score (nSPS) is 44.0. The molecule has 5 heteroatoms. The van der Waals surface area contributed by atoms with Gasteiger partial charge < -0.3 is 24.1 Å². The molecule has 2 aliphatic heterocycles. The molecule has 1 N–H and O–H groups in total. The van der Waals surface area contributed by atoms with Crippen LogP contribution in [-0.2, 0) is 18.9 Å². The van der Waals surface area contributed by atoms with Crippen molar-refractivity contribution in [2.24, 2.45) is 0 Å². The summed E-state index contributed by atoms with van der Waals surface area (Å²) in [6.07, 6.45) is -0.301. The Morgan fingerprint density at radius 3 is 2.73 bits per heavy atom. The second-order valence-corrected chi connectivity index (χ2v) is 4.42. The van der Waals surface area contributed by atoms with Gasteiger partial charge in [0, 0.05) is 13.5 Å². The van der Waals surface area contributed by atoms with E-state index in [4.69, 9.17) is 24.1 Å². The van der Waals surface area contributed by atoms with Crippen molar-refractivity contribution in [2.75, 3.05) is 13.7 Å². The van der Waals surface area contributed by atoms with E-state index in [9.17, 15) is 0 Å². The maximum absolute atomic E-state index is 9.08. The molecule has 0 saturated carbocycles.